The van der Waals surface area contributed by atoms with Crippen molar-refractivity contribution in [3.63, 3.8) is 0 Å². The molecule has 0 aliphatic carbocycles. The Bertz CT molecular complexity index is 1180. The monoisotopic (exact) mass is 480 g/mol. The van der Waals surface area contributed by atoms with Gasteiger partial charge in [-0.1, -0.05) is 53.7 Å². The Hall–Kier alpha value is -3.29. The predicted molar refractivity (Wildman–Crippen MR) is 132 cm³/mol. The van der Waals surface area contributed by atoms with Gasteiger partial charge in [-0.25, -0.2) is 8.78 Å². The second kappa shape index (κ2) is 11.4. The molecule has 4 rings (SSSR count). The number of benzene rings is 3. The summed E-state index contributed by atoms with van der Waals surface area (Å²) in [6.07, 6.45) is -0.475. The molecule has 1 N–H and O–H groups in total. The lowest BCUT2D eigenvalue weighted by molar-refractivity contribution is 0.0209. The third-order valence-electron chi connectivity index (χ3n) is 6.05. The van der Waals surface area contributed by atoms with Gasteiger partial charge in [0.2, 0.25) is 0 Å². The second-order valence-corrected chi connectivity index (χ2v) is 8.94. The number of halogens is 2. The van der Waals surface area contributed by atoms with Gasteiger partial charge < -0.3 is 14.7 Å². The molecular formula is C28H30F2N2O3. The van der Waals surface area contributed by atoms with Crippen LogP contribution in [0.25, 0.3) is 0 Å². The summed E-state index contributed by atoms with van der Waals surface area (Å²) < 4.78 is 33.6. The van der Waals surface area contributed by atoms with E-state index < -0.39 is 17.7 Å². The molecule has 1 aliphatic heterocycles. The van der Waals surface area contributed by atoms with Crippen LogP contribution in [-0.2, 0) is 11.4 Å². The molecule has 184 valence electrons. The minimum Gasteiger partial charge on any atom is -0.491 e. The van der Waals surface area contributed by atoms with Crippen molar-refractivity contribution in [1.29, 1.82) is 0 Å². The number of nitrogens with zero attached hydrogens (tertiary/aromatic N) is 2. The zero-order valence-electron chi connectivity index (χ0n) is 20.0. The van der Waals surface area contributed by atoms with E-state index in [0.717, 1.165) is 28.5 Å². The first-order valence-corrected chi connectivity index (χ1v) is 11.7. The van der Waals surface area contributed by atoms with Crippen molar-refractivity contribution in [1.82, 2.24) is 4.90 Å². The predicted octanol–water partition coefficient (Wildman–Crippen LogP) is 5.02. The van der Waals surface area contributed by atoms with Crippen molar-refractivity contribution in [2.75, 3.05) is 19.7 Å². The van der Waals surface area contributed by atoms with Crippen LogP contribution in [0, 0.1) is 25.5 Å². The van der Waals surface area contributed by atoms with Crippen LogP contribution in [0.2, 0.25) is 0 Å². The van der Waals surface area contributed by atoms with Crippen LogP contribution >= 0.6 is 0 Å². The Morgan fingerprint density at radius 3 is 2.54 bits per heavy atom. The van der Waals surface area contributed by atoms with Crippen molar-refractivity contribution in [3.8, 4) is 5.75 Å². The van der Waals surface area contributed by atoms with Gasteiger partial charge in [-0.05, 0) is 37.1 Å². The van der Waals surface area contributed by atoms with Crippen LogP contribution < -0.4 is 4.74 Å². The van der Waals surface area contributed by atoms with E-state index in [9.17, 15) is 13.9 Å². The number of rotatable bonds is 10. The molecule has 0 aromatic heterocycles. The maximum absolute atomic E-state index is 14.4. The molecular weight excluding hydrogens is 450 g/mol. The van der Waals surface area contributed by atoms with Gasteiger partial charge in [-0.15, -0.1) is 0 Å². The van der Waals surface area contributed by atoms with Crippen LogP contribution in [-0.4, -0.2) is 47.6 Å². The molecule has 3 aromatic rings. The Morgan fingerprint density at radius 1 is 1.06 bits per heavy atom. The number of aryl methyl sites for hydroxylation is 2. The minimum absolute atomic E-state index is 0.0870. The van der Waals surface area contributed by atoms with Gasteiger partial charge in [-0.2, -0.15) is 0 Å². The molecule has 2 atom stereocenters. The largest absolute Gasteiger partial charge is 0.491 e. The first kappa shape index (κ1) is 24.8. The van der Waals surface area contributed by atoms with E-state index in [0.29, 0.717) is 24.3 Å². The molecule has 35 heavy (non-hydrogen) atoms. The number of oxime groups is 1. The van der Waals surface area contributed by atoms with Crippen LogP contribution in [0.15, 0.2) is 71.9 Å². The van der Waals surface area contributed by atoms with Gasteiger partial charge in [0.1, 0.15) is 36.2 Å². The molecule has 0 saturated carbocycles. The highest BCUT2D eigenvalue weighted by atomic mass is 19.1. The maximum atomic E-state index is 14.4. The quantitative estimate of drug-likeness (QED) is 0.443. The molecule has 3 aromatic carbocycles. The number of ether oxygens (including phenoxy) is 1. The summed E-state index contributed by atoms with van der Waals surface area (Å²) in [6.45, 7) is 4.88. The van der Waals surface area contributed by atoms with Crippen LogP contribution in [0.4, 0.5) is 8.78 Å². The standard InChI is InChI=1S/C28H30F2N2O3/c1-19-7-3-5-9-25(19)27-14-24(35-31-27)17-32(15-21-11-12-22(29)13-26(21)30)16-23(33)18-34-28-10-6-4-8-20(28)2/h3-13,23-24,33H,14-18H2,1-2H3. The summed E-state index contributed by atoms with van der Waals surface area (Å²) in [5, 5.41) is 15.0. The molecule has 0 fully saturated rings. The SMILES string of the molecule is Cc1ccccc1OCC(O)CN(Cc1ccc(F)cc1F)CC1CC(c2ccccc2C)=NO1. The first-order chi connectivity index (χ1) is 16.9. The fraction of sp³-hybridized carbons (Fsp3) is 0.321. The lowest BCUT2D eigenvalue weighted by Gasteiger charge is -2.27. The zero-order chi connectivity index (χ0) is 24.8. The topological polar surface area (TPSA) is 54.3 Å². The minimum atomic E-state index is -0.823. The third-order valence-corrected chi connectivity index (χ3v) is 6.05. The molecule has 0 bridgehead atoms. The van der Waals surface area contributed by atoms with Gasteiger partial charge >= 0.3 is 0 Å². The van der Waals surface area contributed by atoms with E-state index in [1.54, 1.807) is 0 Å². The average molecular weight is 481 g/mol. The maximum Gasteiger partial charge on any atom is 0.145 e. The Labute approximate surface area is 204 Å². The number of aliphatic hydroxyl groups is 1. The van der Waals surface area contributed by atoms with Crippen LogP contribution in [0.3, 0.4) is 0 Å². The molecule has 0 radical (unpaired) electrons. The van der Waals surface area contributed by atoms with Gasteiger partial charge in [0.05, 0.1) is 5.71 Å². The summed E-state index contributed by atoms with van der Waals surface area (Å²) in [5.41, 5.74) is 4.34. The van der Waals surface area contributed by atoms with Crippen molar-refractivity contribution < 1.29 is 23.5 Å². The first-order valence-electron chi connectivity index (χ1n) is 11.7. The van der Waals surface area contributed by atoms with Crippen molar-refractivity contribution in [2.45, 2.75) is 39.0 Å². The van der Waals surface area contributed by atoms with E-state index in [2.05, 4.69) is 5.16 Å². The molecule has 5 nitrogen and oxygen atoms in total. The van der Waals surface area contributed by atoms with Crippen molar-refractivity contribution >= 4 is 5.71 Å². The van der Waals surface area contributed by atoms with E-state index in [-0.39, 0.29) is 25.8 Å². The number of para-hydroxylation sites is 1. The molecule has 0 amide bonds. The van der Waals surface area contributed by atoms with Crippen molar-refractivity contribution in [2.24, 2.45) is 5.16 Å². The van der Waals surface area contributed by atoms with E-state index in [1.807, 2.05) is 67.3 Å². The van der Waals surface area contributed by atoms with Crippen LogP contribution in [0.5, 0.6) is 5.75 Å². The Balaban J connectivity index is 1.42. The average Bonchev–Trinajstić information content (AvgIpc) is 3.29. The summed E-state index contributed by atoms with van der Waals surface area (Å²) in [5.74, 6) is -0.539. The fourth-order valence-corrected chi connectivity index (χ4v) is 4.22. The summed E-state index contributed by atoms with van der Waals surface area (Å²) >= 11 is 0. The highest BCUT2D eigenvalue weighted by molar-refractivity contribution is 6.02. The molecule has 1 aliphatic rings. The normalized spacial score (nSPS) is 16.2. The highest BCUT2D eigenvalue weighted by Gasteiger charge is 2.27. The van der Waals surface area contributed by atoms with Gasteiger partial charge in [0.15, 0.2) is 0 Å². The third kappa shape index (κ3) is 6.65. The smallest absolute Gasteiger partial charge is 0.145 e. The molecule has 1 heterocycles. The molecule has 0 saturated heterocycles. The lowest BCUT2D eigenvalue weighted by Crippen LogP contribution is -2.40. The number of hydrogen-bond donors (Lipinski definition) is 1. The molecule has 2 unspecified atom stereocenters. The number of aliphatic hydroxyl groups excluding tert-OH is 1. The van der Waals surface area contributed by atoms with E-state index in [4.69, 9.17) is 9.57 Å². The van der Waals surface area contributed by atoms with E-state index in [1.165, 1.54) is 12.1 Å². The lowest BCUT2D eigenvalue weighted by atomic mass is 10.00. The molecule has 7 heteroatoms. The Kier molecular flexibility index (Phi) is 8.10. The molecule has 0 spiro atoms. The summed E-state index contributed by atoms with van der Waals surface area (Å²) in [6, 6.07) is 19.1. The summed E-state index contributed by atoms with van der Waals surface area (Å²) in [4.78, 5) is 7.59. The number of hydrogen-bond acceptors (Lipinski definition) is 5. The summed E-state index contributed by atoms with van der Waals surface area (Å²) in [7, 11) is 0. The van der Waals surface area contributed by atoms with Gasteiger partial charge in [0, 0.05) is 43.2 Å². The Morgan fingerprint density at radius 2 is 1.80 bits per heavy atom. The second-order valence-electron chi connectivity index (χ2n) is 8.94. The fourth-order valence-electron chi connectivity index (χ4n) is 4.22. The van der Waals surface area contributed by atoms with Crippen molar-refractivity contribution in [3.05, 3.63) is 101 Å². The van der Waals surface area contributed by atoms with Gasteiger partial charge in [-0.3, -0.25) is 4.90 Å². The highest BCUT2D eigenvalue weighted by Crippen LogP contribution is 2.22. The van der Waals surface area contributed by atoms with Crippen LogP contribution in [0.1, 0.15) is 28.7 Å². The van der Waals surface area contributed by atoms with E-state index >= 15 is 0 Å². The van der Waals surface area contributed by atoms with Gasteiger partial charge in [0.25, 0.3) is 0 Å². The zero-order valence-corrected chi connectivity index (χ0v) is 20.0.